The van der Waals surface area contributed by atoms with E-state index in [1.165, 1.54) is 42.7 Å². The number of rotatable bonds is 4. The number of aryl methyl sites for hydroxylation is 1. The quantitative estimate of drug-likeness (QED) is 0.579. The highest BCUT2D eigenvalue weighted by Gasteiger charge is 2.35. The molecule has 0 amide bonds. The van der Waals surface area contributed by atoms with Crippen molar-refractivity contribution in [3.8, 4) is 11.4 Å². The number of piperidine rings is 1. The van der Waals surface area contributed by atoms with Crippen molar-refractivity contribution in [3.05, 3.63) is 63.0 Å². The van der Waals surface area contributed by atoms with Crippen LogP contribution in [0.3, 0.4) is 0 Å². The van der Waals surface area contributed by atoms with Crippen LogP contribution in [0.1, 0.15) is 24.7 Å². The first-order chi connectivity index (χ1) is 14.7. The molecule has 0 aliphatic carbocycles. The third-order valence-electron chi connectivity index (χ3n) is 5.31. The SMILES string of the molecule is Cn1cc(S(=O)(=O)N2CCCC(c3nc(-c4ccc(F)cc4)no3)C2)c(=O)n(C)c1=O. The van der Waals surface area contributed by atoms with Gasteiger partial charge in [0.1, 0.15) is 5.82 Å². The molecule has 164 valence electrons. The van der Waals surface area contributed by atoms with Crippen LogP contribution in [-0.4, -0.2) is 45.1 Å². The summed E-state index contributed by atoms with van der Waals surface area (Å²) in [7, 11) is -1.52. The van der Waals surface area contributed by atoms with Crippen molar-refractivity contribution in [1.82, 2.24) is 23.6 Å². The molecule has 1 fully saturated rings. The van der Waals surface area contributed by atoms with Gasteiger partial charge in [-0.1, -0.05) is 5.16 Å². The topological polar surface area (TPSA) is 120 Å². The molecular formula is C19H20FN5O5S. The number of aromatic nitrogens is 4. The molecule has 1 saturated heterocycles. The van der Waals surface area contributed by atoms with E-state index in [1.807, 2.05) is 0 Å². The summed E-state index contributed by atoms with van der Waals surface area (Å²) in [6, 6.07) is 5.62. The number of hydrogen-bond donors (Lipinski definition) is 0. The van der Waals surface area contributed by atoms with Crippen LogP contribution in [0, 0.1) is 5.82 Å². The Morgan fingerprint density at radius 1 is 1.16 bits per heavy atom. The molecule has 4 rings (SSSR count). The van der Waals surface area contributed by atoms with Gasteiger partial charge in [-0.15, -0.1) is 0 Å². The summed E-state index contributed by atoms with van der Waals surface area (Å²) < 4.78 is 47.8. The average Bonchev–Trinajstić information content (AvgIpc) is 3.25. The minimum absolute atomic E-state index is 0.0549. The van der Waals surface area contributed by atoms with Crippen molar-refractivity contribution in [3.63, 3.8) is 0 Å². The summed E-state index contributed by atoms with van der Waals surface area (Å²) in [6.07, 6.45) is 2.20. The predicted octanol–water partition coefficient (Wildman–Crippen LogP) is 0.841. The molecule has 1 aliphatic heterocycles. The largest absolute Gasteiger partial charge is 0.339 e. The molecule has 3 aromatic rings. The average molecular weight is 449 g/mol. The van der Waals surface area contributed by atoms with Gasteiger partial charge in [-0.05, 0) is 37.1 Å². The first kappa shape index (κ1) is 21.1. The van der Waals surface area contributed by atoms with Crippen molar-refractivity contribution in [2.75, 3.05) is 13.1 Å². The van der Waals surface area contributed by atoms with Gasteiger partial charge in [0, 0.05) is 38.9 Å². The Kier molecular flexibility index (Phi) is 5.35. The summed E-state index contributed by atoms with van der Waals surface area (Å²) in [6.45, 7) is 0.281. The van der Waals surface area contributed by atoms with E-state index in [1.54, 1.807) is 0 Å². The second-order valence-corrected chi connectivity index (χ2v) is 9.32. The minimum Gasteiger partial charge on any atom is -0.339 e. The fraction of sp³-hybridized carbons (Fsp3) is 0.368. The zero-order valence-electron chi connectivity index (χ0n) is 16.9. The van der Waals surface area contributed by atoms with Gasteiger partial charge in [-0.25, -0.2) is 17.6 Å². The summed E-state index contributed by atoms with van der Waals surface area (Å²) in [5.41, 5.74) is -0.911. The van der Waals surface area contributed by atoms with Gasteiger partial charge < -0.3 is 9.09 Å². The van der Waals surface area contributed by atoms with E-state index in [9.17, 15) is 22.4 Å². The van der Waals surface area contributed by atoms with E-state index in [2.05, 4.69) is 10.1 Å². The maximum absolute atomic E-state index is 13.2. The molecule has 1 aromatic carbocycles. The zero-order chi connectivity index (χ0) is 22.3. The molecule has 2 aromatic heterocycles. The molecule has 0 bridgehead atoms. The van der Waals surface area contributed by atoms with E-state index in [-0.39, 0.29) is 36.5 Å². The van der Waals surface area contributed by atoms with Crippen LogP contribution in [0.15, 0.2) is 49.5 Å². The van der Waals surface area contributed by atoms with Gasteiger partial charge in [-0.2, -0.15) is 9.29 Å². The molecule has 31 heavy (non-hydrogen) atoms. The van der Waals surface area contributed by atoms with Crippen molar-refractivity contribution in [1.29, 1.82) is 0 Å². The standard InChI is InChI=1S/C19H20FN5O5S/c1-23-11-15(18(26)24(2)19(23)27)31(28,29)25-9-3-4-13(10-25)17-21-16(22-30-17)12-5-7-14(20)8-6-12/h5-8,11,13H,3-4,9-10H2,1-2H3. The number of nitrogens with zero attached hydrogens (tertiary/aromatic N) is 5. The molecule has 10 nitrogen and oxygen atoms in total. The molecule has 1 aliphatic rings. The highest BCUT2D eigenvalue weighted by atomic mass is 32.2. The number of halogens is 1. The third-order valence-corrected chi connectivity index (χ3v) is 7.16. The van der Waals surface area contributed by atoms with Gasteiger partial charge in [0.05, 0.1) is 5.92 Å². The van der Waals surface area contributed by atoms with Gasteiger partial charge in [-0.3, -0.25) is 9.36 Å². The Morgan fingerprint density at radius 2 is 1.87 bits per heavy atom. The van der Waals surface area contributed by atoms with Crippen LogP contribution in [0.25, 0.3) is 11.4 Å². The summed E-state index contributed by atoms with van der Waals surface area (Å²) >= 11 is 0. The van der Waals surface area contributed by atoms with Crippen molar-refractivity contribution in [2.24, 2.45) is 14.1 Å². The third kappa shape index (κ3) is 3.83. The van der Waals surface area contributed by atoms with E-state index >= 15 is 0 Å². The Labute approximate surface area is 176 Å². The minimum atomic E-state index is -4.14. The molecule has 12 heteroatoms. The van der Waals surface area contributed by atoms with E-state index in [4.69, 9.17) is 4.52 Å². The molecule has 0 spiro atoms. The first-order valence-corrected chi connectivity index (χ1v) is 11.0. The molecule has 1 atom stereocenters. The van der Waals surface area contributed by atoms with Crippen molar-refractivity contribution in [2.45, 2.75) is 23.7 Å². The maximum atomic E-state index is 13.2. The highest BCUT2D eigenvalue weighted by molar-refractivity contribution is 7.89. The predicted molar refractivity (Wildman–Crippen MR) is 107 cm³/mol. The number of benzene rings is 1. The van der Waals surface area contributed by atoms with Crippen LogP contribution in [0.2, 0.25) is 0 Å². The molecule has 3 heterocycles. The Hall–Kier alpha value is -3.12. The van der Waals surface area contributed by atoms with Crippen LogP contribution in [-0.2, 0) is 24.1 Å². The molecule has 0 saturated carbocycles. The summed E-state index contributed by atoms with van der Waals surface area (Å²) in [4.78, 5) is 28.2. The van der Waals surface area contributed by atoms with Crippen LogP contribution < -0.4 is 11.2 Å². The normalized spacial score (nSPS) is 17.7. The lowest BCUT2D eigenvalue weighted by atomic mass is 10.00. The second-order valence-electron chi connectivity index (χ2n) is 7.42. The Bertz CT molecular complexity index is 1340. The van der Waals surface area contributed by atoms with Gasteiger partial charge in [0.25, 0.3) is 5.56 Å². The zero-order valence-corrected chi connectivity index (χ0v) is 17.7. The lowest BCUT2D eigenvalue weighted by Crippen LogP contribution is -2.45. The fourth-order valence-corrected chi connectivity index (χ4v) is 5.24. The highest BCUT2D eigenvalue weighted by Crippen LogP contribution is 2.30. The van der Waals surface area contributed by atoms with Gasteiger partial charge in [0.2, 0.25) is 21.7 Å². The smallest absolute Gasteiger partial charge is 0.330 e. The van der Waals surface area contributed by atoms with E-state index in [0.29, 0.717) is 18.4 Å². The summed E-state index contributed by atoms with van der Waals surface area (Å²) in [5, 5.41) is 3.92. The van der Waals surface area contributed by atoms with Gasteiger partial charge in [0.15, 0.2) is 4.90 Å². The lowest BCUT2D eigenvalue weighted by Gasteiger charge is -2.30. The van der Waals surface area contributed by atoms with E-state index < -0.39 is 26.2 Å². The fourth-order valence-electron chi connectivity index (χ4n) is 3.57. The monoisotopic (exact) mass is 449 g/mol. The summed E-state index contributed by atoms with van der Waals surface area (Å²) in [5.74, 6) is -0.193. The molecule has 1 unspecified atom stereocenters. The van der Waals surface area contributed by atoms with Crippen molar-refractivity contribution >= 4 is 10.0 Å². The lowest BCUT2D eigenvalue weighted by molar-refractivity contribution is 0.265. The van der Waals surface area contributed by atoms with Crippen molar-refractivity contribution < 1.29 is 17.3 Å². The van der Waals surface area contributed by atoms with Crippen LogP contribution in [0.4, 0.5) is 4.39 Å². The van der Waals surface area contributed by atoms with Crippen LogP contribution in [0.5, 0.6) is 0 Å². The molecular weight excluding hydrogens is 429 g/mol. The second kappa shape index (κ2) is 7.85. The Balaban J connectivity index is 1.61. The number of hydrogen-bond acceptors (Lipinski definition) is 7. The van der Waals surface area contributed by atoms with Crippen LogP contribution >= 0.6 is 0 Å². The molecule has 0 radical (unpaired) electrons. The first-order valence-electron chi connectivity index (χ1n) is 9.55. The maximum Gasteiger partial charge on any atom is 0.330 e. The van der Waals surface area contributed by atoms with Gasteiger partial charge >= 0.3 is 5.69 Å². The van der Waals surface area contributed by atoms with E-state index in [0.717, 1.165) is 15.3 Å². The molecule has 0 N–H and O–H groups in total. The number of sulfonamides is 1. The Morgan fingerprint density at radius 3 is 2.58 bits per heavy atom.